The quantitative estimate of drug-likeness (QED) is 0.278. The molecule has 3 unspecified atom stereocenters. The summed E-state index contributed by atoms with van der Waals surface area (Å²) in [6.07, 6.45) is 11.6. The molecule has 1 saturated heterocycles. The number of nitrogens with one attached hydrogen (secondary N) is 3. The zero-order valence-electron chi connectivity index (χ0n) is 21.5. The van der Waals surface area contributed by atoms with Crippen molar-refractivity contribution in [1.29, 1.82) is 5.41 Å². The predicted molar refractivity (Wildman–Crippen MR) is 142 cm³/mol. The predicted octanol–water partition coefficient (Wildman–Crippen LogP) is 2.51. The molecule has 198 valence electrons. The van der Waals surface area contributed by atoms with Gasteiger partial charge in [0.1, 0.15) is 6.04 Å². The molecule has 1 heterocycles. The fraction of sp³-hybridized carbons (Fsp3) is 0.679. The second-order valence-electron chi connectivity index (χ2n) is 11.2. The van der Waals surface area contributed by atoms with Crippen LogP contribution in [0.15, 0.2) is 30.3 Å². The number of likely N-dealkylation sites (tertiary alicyclic amines) is 1. The number of rotatable bonds is 8. The van der Waals surface area contributed by atoms with Gasteiger partial charge in [0.2, 0.25) is 11.8 Å². The molecular formula is C28H44N6O2. The van der Waals surface area contributed by atoms with Crippen LogP contribution in [-0.4, -0.2) is 53.9 Å². The van der Waals surface area contributed by atoms with Crippen molar-refractivity contribution in [2.24, 2.45) is 29.2 Å². The minimum Gasteiger partial charge on any atom is -0.370 e. The van der Waals surface area contributed by atoms with E-state index in [0.29, 0.717) is 31.8 Å². The van der Waals surface area contributed by atoms with Crippen molar-refractivity contribution in [3.63, 3.8) is 0 Å². The smallest absolute Gasteiger partial charge is 0.243 e. The van der Waals surface area contributed by atoms with E-state index in [0.717, 1.165) is 36.7 Å². The summed E-state index contributed by atoms with van der Waals surface area (Å²) in [5.41, 5.74) is 13.0. The number of guanidine groups is 1. The molecule has 8 heteroatoms. The summed E-state index contributed by atoms with van der Waals surface area (Å²) >= 11 is 0. The SMILES string of the molecule is N=C(N)N1CCC(NC(=O)[C@H](Cc2ccccc2)NC(=O)[C@H](N)CC2CCC3CCCCC3C2)CC1. The van der Waals surface area contributed by atoms with E-state index in [4.69, 9.17) is 16.9 Å². The van der Waals surface area contributed by atoms with Crippen LogP contribution in [0.4, 0.5) is 0 Å². The van der Waals surface area contributed by atoms with E-state index in [-0.39, 0.29) is 23.8 Å². The highest BCUT2D eigenvalue weighted by atomic mass is 16.2. The van der Waals surface area contributed by atoms with Gasteiger partial charge in [-0.3, -0.25) is 15.0 Å². The number of amides is 2. The number of hydrogen-bond acceptors (Lipinski definition) is 4. The van der Waals surface area contributed by atoms with Crippen LogP contribution in [0, 0.1) is 23.2 Å². The summed E-state index contributed by atoms with van der Waals surface area (Å²) in [7, 11) is 0. The van der Waals surface area contributed by atoms with Crippen molar-refractivity contribution in [3.8, 4) is 0 Å². The number of piperidine rings is 1. The number of hydrogen-bond donors (Lipinski definition) is 5. The van der Waals surface area contributed by atoms with Crippen molar-refractivity contribution in [2.45, 2.75) is 88.8 Å². The second kappa shape index (κ2) is 12.6. The van der Waals surface area contributed by atoms with E-state index in [1.54, 1.807) is 0 Å². The van der Waals surface area contributed by atoms with Gasteiger partial charge in [-0.15, -0.1) is 0 Å². The Hall–Kier alpha value is -2.61. The van der Waals surface area contributed by atoms with Crippen LogP contribution in [0.25, 0.3) is 0 Å². The molecule has 36 heavy (non-hydrogen) atoms. The van der Waals surface area contributed by atoms with Crippen molar-refractivity contribution in [1.82, 2.24) is 15.5 Å². The normalized spacial score (nSPS) is 26.4. The average molecular weight is 497 g/mol. The van der Waals surface area contributed by atoms with Crippen molar-refractivity contribution < 1.29 is 9.59 Å². The third-order valence-corrected chi connectivity index (χ3v) is 8.67. The standard InChI is InChI=1S/C28H44N6O2/c29-24(17-20-10-11-21-8-4-5-9-22(21)16-20)26(35)33-25(18-19-6-2-1-3-7-19)27(36)32-23-12-14-34(15-13-23)28(30)31/h1-3,6-7,20-25H,4-5,8-18,29H2,(H3,30,31)(H,32,36)(H,33,35)/t20?,21?,22?,24-,25+/m1/s1. The molecular weight excluding hydrogens is 452 g/mol. The molecule has 0 spiro atoms. The van der Waals surface area contributed by atoms with Gasteiger partial charge in [0.15, 0.2) is 5.96 Å². The zero-order valence-corrected chi connectivity index (χ0v) is 21.5. The highest BCUT2D eigenvalue weighted by Gasteiger charge is 2.34. The summed E-state index contributed by atoms with van der Waals surface area (Å²) in [4.78, 5) is 28.3. The lowest BCUT2D eigenvalue weighted by Gasteiger charge is -2.40. The molecule has 0 radical (unpaired) electrons. The fourth-order valence-electron chi connectivity index (χ4n) is 6.56. The maximum atomic E-state index is 13.3. The van der Waals surface area contributed by atoms with Gasteiger partial charge in [0.05, 0.1) is 6.04 Å². The molecule has 8 nitrogen and oxygen atoms in total. The molecule has 2 aliphatic carbocycles. The Morgan fingerprint density at radius 3 is 2.36 bits per heavy atom. The molecule has 2 amide bonds. The molecule has 1 aliphatic heterocycles. The Morgan fingerprint density at radius 2 is 1.67 bits per heavy atom. The van der Waals surface area contributed by atoms with Crippen molar-refractivity contribution in [2.75, 3.05) is 13.1 Å². The van der Waals surface area contributed by atoms with Gasteiger partial charge in [-0.05, 0) is 55.4 Å². The molecule has 5 atom stereocenters. The van der Waals surface area contributed by atoms with Crippen molar-refractivity contribution in [3.05, 3.63) is 35.9 Å². The van der Waals surface area contributed by atoms with Crippen LogP contribution in [0.3, 0.4) is 0 Å². The zero-order chi connectivity index (χ0) is 25.5. The molecule has 1 aromatic carbocycles. The van der Waals surface area contributed by atoms with Gasteiger partial charge in [-0.25, -0.2) is 0 Å². The van der Waals surface area contributed by atoms with E-state index < -0.39 is 12.1 Å². The van der Waals surface area contributed by atoms with Crippen LogP contribution in [0.1, 0.15) is 69.8 Å². The molecule has 3 aliphatic rings. The number of fused-ring (bicyclic) bond motifs is 1. The van der Waals surface area contributed by atoms with Gasteiger partial charge >= 0.3 is 0 Å². The van der Waals surface area contributed by atoms with Gasteiger partial charge < -0.3 is 27.0 Å². The average Bonchev–Trinajstić information content (AvgIpc) is 2.89. The van der Waals surface area contributed by atoms with Crippen LogP contribution in [0.2, 0.25) is 0 Å². The molecule has 2 saturated carbocycles. The maximum Gasteiger partial charge on any atom is 0.243 e. The Balaban J connectivity index is 1.33. The molecule has 3 fully saturated rings. The van der Waals surface area contributed by atoms with E-state index >= 15 is 0 Å². The molecule has 1 aromatic rings. The first kappa shape index (κ1) is 26.5. The minimum absolute atomic E-state index is 0.00243. The maximum absolute atomic E-state index is 13.3. The molecule has 7 N–H and O–H groups in total. The first-order valence-corrected chi connectivity index (χ1v) is 13.9. The summed E-state index contributed by atoms with van der Waals surface area (Å²) < 4.78 is 0. The molecule has 4 rings (SSSR count). The number of nitrogens with two attached hydrogens (primary N) is 2. The summed E-state index contributed by atoms with van der Waals surface area (Å²) in [5.74, 6) is 1.84. The minimum atomic E-state index is -0.675. The van der Waals surface area contributed by atoms with E-state index in [1.807, 2.05) is 35.2 Å². The largest absolute Gasteiger partial charge is 0.370 e. The Bertz CT molecular complexity index is 885. The van der Waals surface area contributed by atoms with E-state index in [2.05, 4.69) is 10.6 Å². The van der Waals surface area contributed by atoms with Crippen molar-refractivity contribution >= 4 is 17.8 Å². The second-order valence-corrected chi connectivity index (χ2v) is 11.2. The summed E-state index contributed by atoms with van der Waals surface area (Å²) in [6.45, 7) is 1.29. The summed E-state index contributed by atoms with van der Waals surface area (Å²) in [5, 5.41) is 13.7. The highest BCUT2D eigenvalue weighted by Crippen LogP contribution is 2.43. The lowest BCUT2D eigenvalue weighted by Crippen LogP contribution is -2.56. The third-order valence-electron chi connectivity index (χ3n) is 8.67. The van der Waals surface area contributed by atoms with E-state index in [1.165, 1.54) is 38.5 Å². The topological polar surface area (TPSA) is 137 Å². The molecule has 0 aromatic heterocycles. The fourth-order valence-corrected chi connectivity index (χ4v) is 6.56. The van der Waals surface area contributed by atoms with Crippen LogP contribution in [-0.2, 0) is 16.0 Å². The van der Waals surface area contributed by atoms with Gasteiger partial charge in [-0.1, -0.05) is 62.4 Å². The van der Waals surface area contributed by atoms with Crippen LogP contribution < -0.4 is 22.1 Å². The third kappa shape index (κ3) is 7.21. The lowest BCUT2D eigenvalue weighted by molar-refractivity contribution is -0.130. The molecule has 0 bridgehead atoms. The lowest BCUT2D eigenvalue weighted by atomic mass is 9.66. The monoisotopic (exact) mass is 496 g/mol. The number of nitrogens with zero attached hydrogens (tertiary/aromatic N) is 1. The van der Waals surface area contributed by atoms with E-state index in [9.17, 15) is 9.59 Å². The highest BCUT2D eigenvalue weighted by molar-refractivity contribution is 5.90. The number of carbonyl (C=O) groups is 2. The first-order valence-electron chi connectivity index (χ1n) is 13.9. The Kier molecular flexibility index (Phi) is 9.24. The number of carbonyl (C=O) groups excluding carboxylic acids is 2. The first-order chi connectivity index (χ1) is 17.4. The van der Waals surface area contributed by atoms with Gasteiger partial charge in [0.25, 0.3) is 0 Å². The Labute approximate surface area is 215 Å². The van der Waals surface area contributed by atoms with Gasteiger partial charge in [-0.2, -0.15) is 0 Å². The summed E-state index contributed by atoms with van der Waals surface area (Å²) in [6, 6.07) is 8.50. The van der Waals surface area contributed by atoms with Crippen LogP contribution in [0.5, 0.6) is 0 Å². The Morgan fingerprint density at radius 1 is 0.972 bits per heavy atom. The number of benzene rings is 1. The van der Waals surface area contributed by atoms with Crippen LogP contribution >= 0.6 is 0 Å². The van der Waals surface area contributed by atoms with Gasteiger partial charge in [0, 0.05) is 25.6 Å².